The smallest absolute Gasteiger partial charge is 0.338 e. The van der Waals surface area contributed by atoms with Gasteiger partial charge in [-0.1, -0.05) is 0 Å². The van der Waals surface area contributed by atoms with Crippen molar-refractivity contribution in [1.82, 2.24) is 5.32 Å². The summed E-state index contributed by atoms with van der Waals surface area (Å²) in [6.45, 7) is 1.27. The van der Waals surface area contributed by atoms with Crippen molar-refractivity contribution in [3.8, 4) is 11.5 Å². The average Bonchev–Trinajstić information content (AvgIpc) is 3.07. The molecule has 0 radical (unpaired) electrons. The Bertz CT molecular complexity index is 789. The monoisotopic (exact) mass is 355 g/mol. The van der Waals surface area contributed by atoms with Gasteiger partial charge < -0.3 is 19.5 Å². The van der Waals surface area contributed by atoms with E-state index in [0.717, 1.165) is 0 Å². The van der Waals surface area contributed by atoms with Crippen molar-refractivity contribution < 1.29 is 32.2 Å². The predicted octanol–water partition coefficient (Wildman–Crippen LogP) is 0.265. The Morgan fingerprint density at radius 2 is 2.04 bits per heavy atom. The Kier molecular flexibility index (Phi) is 4.12. The molecule has 0 saturated carbocycles. The molecule has 2 aliphatic heterocycles. The van der Waals surface area contributed by atoms with Crippen LogP contribution in [0.25, 0.3) is 0 Å². The van der Waals surface area contributed by atoms with Crippen LogP contribution in [-0.4, -0.2) is 50.7 Å². The zero-order valence-electron chi connectivity index (χ0n) is 13.0. The molecule has 1 fully saturated rings. The maximum absolute atomic E-state index is 12.0. The number of sulfone groups is 1. The third-order valence-corrected chi connectivity index (χ3v) is 5.79. The van der Waals surface area contributed by atoms with Crippen molar-refractivity contribution >= 4 is 21.7 Å². The molecule has 0 aromatic heterocycles. The fourth-order valence-corrected chi connectivity index (χ4v) is 4.81. The van der Waals surface area contributed by atoms with E-state index in [1.54, 1.807) is 13.0 Å². The largest absolute Gasteiger partial charge is 0.454 e. The van der Waals surface area contributed by atoms with Crippen molar-refractivity contribution in [2.45, 2.75) is 18.9 Å². The molecule has 24 heavy (non-hydrogen) atoms. The standard InChI is InChI=1S/C15H17NO7S/c1-15(4-5-24(19,20)8-15)16-13(17)7-21-14(18)10-2-3-11-12(6-10)23-9-22-11/h2-3,6H,4-5,7-9H2,1H3,(H,16,17). The van der Waals surface area contributed by atoms with Crippen LogP contribution in [0, 0.1) is 0 Å². The quantitative estimate of drug-likeness (QED) is 0.772. The number of esters is 1. The molecule has 8 nitrogen and oxygen atoms in total. The number of carbonyl (C=O) groups excluding carboxylic acids is 2. The van der Waals surface area contributed by atoms with Gasteiger partial charge in [0.25, 0.3) is 5.91 Å². The summed E-state index contributed by atoms with van der Waals surface area (Å²) < 4.78 is 38.3. The van der Waals surface area contributed by atoms with E-state index in [-0.39, 0.29) is 23.9 Å². The van der Waals surface area contributed by atoms with E-state index in [2.05, 4.69) is 5.32 Å². The molecule has 9 heteroatoms. The summed E-state index contributed by atoms with van der Waals surface area (Å²) in [7, 11) is -3.13. The van der Waals surface area contributed by atoms with Crippen molar-refractivity contribution in [2.24, 2.45) is 0 Å². The summed E-state index contributed by atoms with van der Waals surface area (Å²) >= 11 is 0. The minimum Gasteiger partial charge on any atom is -0.454 e. The molecule has 1 saturated heterocycles. The number of ether oxygens (including phenoxy) is 3. The van der Waals surface area contributed by atoms with Crippen LogP contribution in [0.2, 0.25) is 0 Å². The molecule has 1 atom stereocenters. The van der Waals surface area contributed by atoms with E-state index in [1.165, 1.54) is 12.1 Å². The minimum absolute atomic E-state index is 0.0424. The second-order valence-corrected chi connectivity index (χ2v) is 8.28. The maximum Gasteiger partial charge on any atom is 0.338 e. The molecular formula is C15H17NO7S. The summed E-state index contributed by atoms with van der Waals surface area (Å²) in [4.78, 5) is 23.9. The van der Waals surface area contributed by atoms with Crippen LogP contribution in [-0.2, 0) is 19.4 Å². The first-order valence-corrected chi connectivity index (χ1v) is 9.17. The summed E-state index contributed by atoms with van der Waals surface area (Å²) in [5.41, 5.74) is -0.581. The number of amides is 1. The van der Waals surface area contributed by atoms with Crippen LogP contribution in [0.5, 0.6) is 11.5 Å². The van der Waals surface area contributed by atoms with Crippen LogP contribution in [0.15, 0.2) is 18.2 Å². The molecule has 1 amide bonds. The van der Waals surface area contributed by atoms with Crippen LogP contribution in [0.4, 0.5) is 0 Å². The van der Waals surface area contributed by atoms with Gasteiger partial charge in [0.05, 0.1) is 22.6 Å². The van der Waals surface area contributed by atoms with E-state index in [9.17, 15) is 18.0 Å². The van der Waals surface area contributed by atoms with Crippen LogP contribution in [0.3, 0.4) is 0 Å². The zero-order valence-corrected chi connectivity index (χ0v) is 13.9. The average molecular weight is 355 g/mol. The number of nitrogens with one attached hydrogen (secondary N) is 1. The van der Waals surface area contributed by atoms with Gasteiger partial charge >= 0.3 is 5.97 Å². The number of carbonyl (C=O) groups is 2. The molecule has 2 heterocycles. The van der Waals surface area contributed by atoms with Gasteiger partial charge in [0.15, 0.2) is 27.9 Å². The lowest BCUT2D eigenvalue weighted by Crippen LogP contribution is -2.48. The third-order valence-electron chi connectivity index (χ3n) is 3.89. The van der Waals surface area contributed by atoms with Crippen molar-refractivity contribution in [3.05, 3.63) is 23.8 Å². The van der Waals surface area contributed by atoms with E-state index < -0.39 is 33.9 Å². The Labute approximate surface area is 139 Å². The van der Waals surface area contributed by atoms with Gasteiger partial charge in [-0.25, -0.2) is 13.2 Å². The van der Waals surface area contributed by atoms with E-state index in [1.807, 2.05) is 0 Å². The molecule has 3 rings (SSSR count). The Morgan fingerprint density at radius 3 is 2.75 bits per heavy atom. The first-order valence-electron chi connectivity index (χ1n) is 7.35. The highest BCUT2D eigenvalue weighted by Gasteiger charge is 2.39. The van der Waals surface area contributed by atoms with Crippen LogP contribution < -0.4 is 14.8 Å². The Hall–Kier alpha value is -2.29. The molecule has 0 bridgehead atoms. The second-order valence-electron chi connectivity index (χ2n) is 6.10. The number of rotatable bonds is 4. The van der Waals surface area contributed by atoms with Crippen LogP contribution >= 0.6 is 0 Å². The third kappa shape index (κ3) is 3.61. The summed E-state index contributed by atoms with van der Waals surface area (Å²) in [5.74, 6) is -0.295. The lowest BCUT2D eigenvalue weighted by molar-refractivity contribution is -0.125. The summed E-state index contributed by atoms with van der Waals surface area (Å²) in [6.07, 6.45) is 0.344. The van der Waals surface area contributed by atoms with E-state index in [4.69, 9.17) is 14.2 Å². The molecule has 1 N–H and O–H groups in total. The van der Waals surface area contributed by atoms with Gasteiger partial charge in [0.1, 0.15) is 0 Å². The molecule has 0 aliphatic carbocycles. The van der Waals surface area contributed by atoms with Gasteiger partial charge in [-0.3, -0.25) is 4.79 Å². The summed E-state index contributed by atoms with van der Waals surface area (Å²) in [6, 6.07) is 4.58. The lowest BCUT2D eigenvalue weighted by atomic mass is 10.0. The fourth-order valence-electron chi connectivity index (χ4n) is 2.72. The zero-order chi connectivity index (χ0) is 17.4. The first-order chi connectivity index (χ1) is 11.3. The maximum atomic E-state index is 12.0. The highest BCUT2D eigenvalue weighted by molar-refractivity contribution is 7.91. The SMILES string of the molecule is CC1(NC(=O)COC(=O)c2ccc3c(c2)OCO3)CCS(=O)(=O)C1. The molecule has 1 unspecified atom stereocenters. The highest BCUT2D eigenvalue weighted by Crippen LogP contribution is 2.32. The van der Waals surface area contributed by atoms with Gasteiger partial charge in [0.2, 0.25) is 6.79 Å². The number of fused-ring (bicyclic) bond motifs is 1. The normalized spacial score (nSPS) is 23.7. The minimum atomic E-state index is -3.13. The number of hydrogen-bond acceptors (Lipinski definition) is 7. The van der Waals surface area contributed by atoms with E-state index in [0.29, 0.717) is 17.9 Å². The first kappa shape index (κ1) is 16.6. The van der Waals surface area contributed by atoms with Crippen molar-refractivity contribution in [3.63, 3.8) is 0 Å². The molecular weight excluding hydrogens is 338 g/mol. The highest BCUT2D eigenvalue weighted by atomic mass is 32.2. The second kappa shape index (κ2) is 5.97. The molecule has 1 aromatic carbocycles. The van der Waals surface area contributed by atoms with Crippen molar-refractivity contribution in [1.29, 1.82) is 0 Å². The Balaban J connectivity index is 1.54. The summed E-state index contributed by atoms with van der Waals surface area (Å²) in [5, 5.41) is 2.62. The molecule has 0 spiro atoms. The predicted molar refractivity (Wildman–Crippen MR) is 82.7 cm³/mol. The fraction of sp³-hybridized carbons (Fsp3) is 0.467. The number of benzene rings is 1. The van der Waals surface area contributed by atoms with Gasteiger partial charge in [-0.05, 0) is 31.5 Å². The molecule has 2 aliphatic rings. The van der Waals surface area contributed by atoms with Gasteiger partial charge in [0, 0.05) is 0 Å². The topological polar surface area (TPSA) is 108 Å². The molecule has 130 valence electrons. The lowest BCUT2D eigenvalue weighted by Gasteiger charge is -2.23. The van der Waals surface area contributed by atoms with Gasteiger partial charge in [-0.2, -0.15) is 0 Å². The Morgan fingerprint density at radius 1 is 1.29 bits per heavy atom. The van der Waals surface area contributed by atoms with E-state index >= 15 is 0 Å². The van der Waals surface area contributed by atoms with Crippen LogP contribution in [0.1, 0.15) is 23.7 Å². The van der Waals surface area contributed by atoms with Gasteiger partial charge in [-0.15, -0.1) is 0 Å². The molecule has 1 aromatic rings. The number of hydrogen-bond donors (Lipinski definition) is 1. The van der Waals surface area contributed by atoms with Crippen molar-refractivity contribution in [2.75, 3.05) is 24.9 Å².